The van der Waals surface area contributed by atoms with Gasteiger partial charge < -0.3 is 5.73 Å². The molecule has 0 radical (unpaired) electrons. The lowest BCUT2D eigenvalue weighted by molar-refractivity contribution is 0.128. The Morgan fingerprint density at radius 1 is 1.38 bits per heavy atom. The van der Waals surface area contributed by atoms with Gasteiger partial charge in [-0.15, -0.1) is 0 Å². The van der Waals surface area contributed by atoms with Crippen molar-refractivity contribution in [2.45, 2.75) is 58.4 Å². The standard InChI is InChI=1S/C13H27N3/c1-3-5-11-6-8-16(9-7-11)12(4-2)10-13(14)15/h11-12H,3-10H2,1-2H3,(H3,14,15). The molecule has 3 heteroatoms. The minimum atomic E-state index is 0.336. The van der Waals surface area contributed by atoms with Gasteiger partial charge >= 0.3 is 0 Å². The van der Waals surface area contributed by atoms with Crippen LogP contribution in [0.1, 0.15) is 52.4 Å². The number of hydrogen-bond acceptors (Lipinski definition) is 2. The Morgan fingerprint density at radius 3 is 2.44 bits per heavy atom. The van der Waals surface area contributed by atoms with E-state index in [1.807, 2.05) is 0 Å². The monoisotopic (exact) mass is 225 g/mol. The van der Waals surface area contributed by atoms with Gasteiger partial charge in [-0.3, -0.25) is 10.3 Å². The molecule has 1 rings (SSSR count). The molecule has 94 valence electrons. The fraction of sp³-hybridized carbons (Fsp3) is 0.923. The lowest BCUT2D eigenvalue weighted by Gasteiger charge is -2.37. The van der Waals surface area contributed by atoms with E-state index in [0.717, 1.165) is 18.8 Å². The second kappa shape index (κ2) is 6.89. The summed E-state index contributed by atoms with van der Waals surface area (Å²) in [5.41, 5.74) is 5.51. The van der Waals surface area contributed by atoms with Gasteiger partial charge in [-0.1, -0.05) is 26.7 Å². The predicted octanol–water partition coefficient (Wildman–Crippen LogP) is 2.60. The molecule has 0 aromatic carbocycles. The summed E-state index contributed by atoms with van der Waals surface area (Å²) in [6, 6.07) is 0.500. The number of nitrogens with two attached hydrogens (primary N) is 1. The highest BCUT2D eigenvalue weighted by Crippen LogP contribution is 2.24. The van der Waals surface area contributed by atoms with Crippen molar-refractivity contribution in [1.82, 2.24) is 4.90 Å². The fourth-order valence-corrected chi connectivity index (χ4v) is 2.80. The molecule has 0 amide bonds. The summed E-state index contributed by atoms with van der Waals surface area (Å²) in [5.74, 6) is 1.28. The Kier molecular flexibility index (Phi) is 5.81. The summed E-state index contributed by atoms with van der Waals surface area (Å²) in [7, 11) is 0. The van der Waals surface area contributed by atoms with Crippen molar-refractivity contribution >= 4 is 5.84 Å². The van der Waals surface area contributed by atoms with Gasteiger partial charge in [0.1, 0.15) is 0 Å². The van der Waals surface area contributed by atoms with Crippen LogP contribution in [0.15, 0.2) is 0 Å². The Labute approximate surface area is 99.9 Å². The molecular formula is C13H27N3. The van der Waals surface area contributed by atoms with Gasteiger partial charge in [0.25, 0.3) is 0 Å². The smallest absolute Gasteiger partial charge is 0.0921 e. The van der Waals surface area contributed by atoms with Crippen molar-refractivity contribution in [1.29, 1.82) is 5.41 Å². The number of amidine groups is 1. The van der Waals surface area contributed by atoms with Crippen LogP contribution in [0.25, 0.3) is 0 Å². The third kappa shape index (κ3) is 4.12. The zero-order chi connectivity index (χ0) is 12.0. The van der Waals surface area contributed by atoms with Crippen LogP contribution in [0.3, 0.4) is 0 Å². The molecule has 3 N–H and O–H groups in total. The molecule has 1 saturated heterocycles. The molecule has 1 atom stereocenters. The lowest BCUT2D eigenvalue weighted by Crippen LogP contribution is -2.42. The van der Waals surface area contributed by atoms with E-state index in [1.54, 1.807) is 0 Å². The largest absolute Gasteiger partial charge is 0.388 e. The summed E-state index contributed by atoms with van der Waals surface area (Å²) in [6.07, 6.45) is 7.23. The van der Waals surface area contributed by atoms with E-state index in [4.69, 9.17) is 11.1 Å². The van der Waals surface area contributed by atoms with Gasteiger partial charge in [-0.25, -0.2) is 0 Å². The van der Waals surface area contributed by atoms with Gasteiger partial charge in [-0.2, -0.15) is 0 Å². The molecule has 0 bridgehead atoms. The molecule has 1 unspecified atom stereocenters. The summed E-state index contributed by atoms with van der Waals surface area (Å²) in [4.78, 5) is 2.54. The molecule has 3 nitrogen and oxygen atoms in total. The first kappa shape index (κ1) is 13.5. The van der Waals surface area contributed by atoms with Crippen molar-refractivity contribution in [2.75, 3.05) is 13.1 Å². The molecule has 1 aliphatic heterocycles. The van der Waals surface area contributed by atoms with E-state index in [1.165, 1.54) is 38.8 Å². The maximum atomic E-state index is 7.40. The highest BCUT2D eigenvalue weighted by atomic mass is 15.2. The fourth-order valence-electron chi connectivity index (χ4n) is 2.80. The topological polar surface area (TPSA) is 53.1 Å². The van der Waals surface area contributed by atoms with E-state index in [0.29, 0.717) is 11.9 Å². The zero-order valence-electron chi connectivity index (χ0n) is 10.8. The number of piperidine rings is 1. The summed E-state index contributed by atoms with van der Waals surface area (Å²) in [5, 5.41) is 7.40. The minimum Gasteiger partial charge on any atom is -0.388 e. The molecule has 1 fully saturated rings. The van der Waals surface area contributed by atoms with Gasteiger partial charge in [-0.05, 0) is 38.3 Å². The van der Waals surface area contributed by atoms with Crippen LogP contribution in [-0.4, -0.2) is 29.9 Å². The lowest BCUT2D eigenvalue weighted by atomic mass is 9.91. The first-order valence-corrected chi connectivity index (χ1v) is 6.74. The second-order valence-corrected chi connectivity index (χ2v) is 5.06. The molecule has 0 aromatic heterocycles. The van der Waals surface area contributed by atoms with Crippen LogP contribution in [0.2, 0.25) is 0 Å². The van der Waals surface area contributed by atoms with E-state index in [9.17, 15) is 0 Å². The molecular weight excluding hydrogens is 198 g/mol. The minimum absolute atomic E-state index is 0.336. The van der Waals surface area contributed by atoms with E-state index in [-0.39, 0.29) is 0 Å². The van der Waals surface area contributed by atoms with Crippen LogP contribution in [-0.2, 0) is 0 Å². The Bertz CT molecular complexity index is 207. The van der Waals surface area contributed by atoms with Gasteiger partial charge in [0.2, 0.25) is 0 Å². The molecule has 1 heterocycles. The second-order valence-electron chi connectivity index (χ2n) is 5.06. The first-order valence-electron chi connectivity index (χ1n) is 6.74. The van der Waals surface area contributed by atoms with Crippen molar-refractivity contribution in [2.24, 2.45) is 11.7 Å². The average Bonchev–Trinajstić information content (AvgIpc) is 2.27. The Balaban J connectivity index is 2.35. The SMILES string of the molecule is CCCC1CCN(C(CC)CC(=N)N)CC1. The van der Waals surface area contributed by atoms with Crippen molar-refractivity contribution in [3.05, 3.63) is 0 Å². The molecule has 0 aromatic rings. The maximum Gasteiger partial charge on any atom is 0.0921 e. The molecule has 0 saturated carbocycles. The number of hydrogen-bond donors (Lipinski definition) is 2. The van der Waals surface area contributed by atoms with E-state index in [2.05, 4.69) is 18.7 Å². The van der Waals surface area contributed by atoms with E-state index < -0.39 is 0 Å². The van der Waals surface area contributed by atoms with Crippen LogP contribution in [0.5, 0.6) is 0 Å². The van der Waals surface area contributed by atoms with Crippen molar-refractivity contribution in [3.63, 3.8) is 0 Å². The van der Waals surface area contributed by atoms with Crippen molar-refractivity contribution < 1.29 is 0 Å². The quantitative estimate of drug-likeness (QED) is 0.539. The van der Waals surface area contributed by atoms with Gasteiger partial charge in [0.05, 0.1) is 5.84 Å². The summed E-state index contributed by atoms with van der Waals surface area (Å²) < 4.78 is 0. The Hall–Kier alpha value is -0.570. The highest BCUT2D eigenvalue weighted by Gasteiger charge is 2.23. The van der Waals surface area contributed by atoms with Gasteiger partial charge in [0, 0.05) is 12.5 Å². The zero-order valence-corrected chi connectivity index (χ0v) is 10.8. The summed E-state index contributed by atoms with van der Waals surface area (Å²) in [6.45, 7) is 6.88. The number of nitrogens with one attached hydrogen (secondary N) is 1. The highest BCUT2D eigenvalue weighted by molar-refractivity contribution is 5.77. The van der Waals surface area contributed by atoms with Crippen LogP contribution in [0, 0.1) is 11.3 Å². The maximum absolute atomic E-state index is 7.40. The summed E-state index contributed by atoms with van der Waals surface area (Å²) >= 11 is 0. The van der Waals surface area contributed by atoms with Crippen LogP contribution < -0.4 is 5.73 Å². The van der Waals surface area contributed by atoms with Crippen molar-refractivity contribution in [3.8, 4) is 0 Å². The average molecular weight is 225 g/mol. The van der Waals surface area contributed by atoms with E-state index >= 15 is 0 Å². The number of rotatable bonds is 6. The molecule has 0 spiro atoms. The predicted molar refractivity (Wildman–Crippen MR) is 69.8 cm³/mol. The first-order chi connectivity index (χ1) is 7.67. The Morgan fingerprint density at radius 2 is 2.00 bits per heavy atom. The molecule has 16 heavy (non-hydrogen) atoms. The third-order valence-electron chi connectivity index (χ3n) is 3.79. The number of likely N-dealkylation sites (tertiary alicyclic amines) is 1. The van der Waals surface area contributed by atoms with Crippen LogP contribution >= 0.6 is 0 Å². The molecule has 1 aliphatic rings. The van der Waals surface area contributed by atoms with Crippen LogP contribution in [0.4, 0.5) is 0 Å². The molecule has 0 aliphatic carbocycles. The normalized spacial score (nSPS) is 20.9. The van der Waals surface area contributed by atoms with Gasteiger partial charge in [0.15, 0.2) is 0 Å². The number of nitrogens with zero attached hydrogens (tertiary/aromatic N) is 1. The third-order valence-corrected chi connectivity index (χ3v) is 3.79.